The first-order valence-corrected chi connectivity index (χ1v) is 5.66. The van der Waals surface area contributed by atoms with E-state index in [0.29, 0.717) is 6.61 Å². The Labute approximate surface area is 102 Å². The van der Waals surface area contributed by atoms with E-state index in [1.807, 2.05) is 31.2 Å². The van der Waals surface area contributed by atoms with Crippen molar-refractivity contribution in [3.05, 3.63) is 29.8 Å². The van der Waals surface area contributed by atoms with Crippen molar-refractivity contribution in [2.45, 2.75) is 25.8 Å². The maximum atomic E-state index is 11.5. The summed E-state index contributed by atoms with van der Waals surface area (Å²) >= 11 is 0. The monoisotopic (exact) mass is 237 g/mol. The van der Waals surface area contributed by atoms with E-state index in [2.05, 4.69) is 0 Å². The highest BCUT2D eigenvalue weighted by Crippen LogP contribution is 2.21. The standard InChI is InChI=1S/C13H19NO3/c1-4-17-13(15)12(14)9(2)10-5-7-11(16-3)8-6-10/h5-9,12H,4,14H2,1-3H3/t9-,12-/m1/s1. The second-order valence-corrected chi connectivity index (χ2v) is 3.84. The van der Waals surface area contributed by atoms with E-state index in [-0.39, 0.29) is 11.9 Å². The fraction of sp³-hybridized carbons (Fsp3) is 0.462. The Morgan fingerprint density at radius 3 is 2.41 bits per heavy atom. The van der Waals surface area contributed by atoms with Crippen LogP contribution in [-0.2, 0) is 9.53 Å². The highest BCUT2D eigenvalue weighted by atomic mass is 16.5. The number of nitrogens with two attached hydrogens (primary N) is 1. The van der Waals surface area contributed by atoms with Crippen LogP contribution in [0.1, 0.15) is 25.3 Å². The van der Waals surface area contributed by atoms with E-state index in [0.717, 1.165) is 11.3 Å². The summed E-state index contributed by atoms with van der Waals surface area (Å²) in [6.45, 7) is 4.02. The fourth-order valence-electron chi connectivity index (χ4n) is 1.56. The maximum absolute atomic E-state index is 11.5. The molecule has 0 aliphatic carbocycles. The summed E-state index contributed by atoms with van der Waals surface area (Å²) in [7, 11) is 1.61. The molecular formula is C13H19NO3. The van der Waals surface area contributed by atoms with Crippen molar-refractivity contribution in [1.82, 2.24) is 0 Å². The number of ether oxygens (including phenoxy) is 2. The summed E-state index contributed by atoms with van der Waals surface area (Å²) in [5.74, 6) is 0.335. The Bertz CT molecular complexity index is 361. The Hall–Kier alpha value is -1.55. The molecular weight excluding hydrogens is 218 g/mol. The van der Waals surface area contributed by atoms with Gasteiger partial charge in [0.2, 0.25) is 0 Å². The van der Waals surface area contributed by atoms with Crippen molar-refractivity contribution in [1.29, 1.82) is 0 Å². The average molecular weight is 237 g/mol. The van der Waals surface area contributed by atoms with Gasteiger partial charge in [0.15, 0.2) is 0 Å². The molecule has 1 rings (SSSR count). The average Bonchev–Trinajstić information content (AvgIpc) is 2.37. The highest BCUT2D eigenvalue weighted by Gasteiger charge is 2.23. The second kappa shape index (κ2) is 6.25. The van der Waals surface area contributed by atoms with Gasteiger partial charge in [0.05, 0.1) is 13.7 Å². The van der Waals surface area contributed by atoms with Crippen LogP contribution in [0, 0.1) is 0 Å². The van der Waals surface area contributed by atoms with Gasteiger partial charge in [-0.2, -0.15) is 0 Å². The van der Waals surface area contributed by atoms with E-state index >= 15 is 0 Å². The van der Waals surface area contributed by atoms with Gasteiger partial charge >= 0.3 is 5.97 Å². The van der Waals surface area contributed by atoms with Crippen LogP contribution in [0.4, 0.5) is 0 Å². The van der Waals surface area contributed by atoms with E-state index in [4.69, 9.17) is 15.2 Å². The summed E-state index contributed by atoms with van der Waals surface area (Å²) in [6.07, 6.45) is 0. The molecule has 0 radical (unpaired) electrons. The van der Waals surface area contributed by atoms with E-state index in [9.17, 15) is 4.79 Å². The van der Waals surface area contributed by atoms with Crippen LogP contribution >= 0.6 is 0 Å². The van der Waals surface area contributed by atoms with Gasteiger partial charge in [0, 0.05) is 5.92 Å². The predicted octanol–water partition coefficient (Wildman–Crippen LogP) is 1.69. The van der Waals surface area contributed by atoms with Gasteiger partial charge < -0.3 is 15.2 Å². The minimum atomic E-state index is -0.636. The lowest BCUT2D eigenvalue weighted by atomic mass is 9.94. The Kier molecular flexibility index (Phi) is 4.97. The zero-order chi connectivity index (χ0) is 12.8. The second-order valence-electron chi connectivity index (χ2n) is 3.84. The number of esters is 1. The first kappa shape index (κ1) is 13.5. The molecule has 0 amide bonds. The molecule has 0 aliphatic rings. The molecule has 0 saturated heterocycles. The van der Waals surface area contributed by atoms with Crippen molar-refractivity contribution in [3.8, 4) is 5.75 Å². The Morgan fingerprint density at radius 1 is 1.35 bits per heavy atom. The van der Waals surface area contributed by atoms with E-state index in [1.165, 1.54) is 0 Å². The normalized spacial score (nSPS) is 13.9. The van der Waals surface area contributed by atoms with Crippen molar-refractivity contribution in [2.24, 2.45) is 5.73 Å². The van der Waals surface area contributed by atoms with Crippen LogP contribution in [0.25, 0.3) is 0 Å². The quantitative estimate of drug-likeness (QED) is 0.792. The molecule has 1 aromatic carbocycles. The topological polar surface area (TPSA) is 61.5 Å². The molecule has 2 N–H and O–H groups in total. The minimum Gasteiger partial charge on any atom is -0.497 e. The lowest BCUT2D eigenvalue weighted by Crippen LogP contribution is -2.37. The van der Waals surface area contributed by atoms with Crippen molar-refractivity contribution >= 4 is 5.97 Å². The van der Waals surface area contributed by atoms with Gasteiger partial charge in [0.25, 0.3) is 0 Å². The molecule has 17 heavy (non-hydrogen) atoms. The lowest BCUT2D eigenvalue weighted by molar-refractivity contribution is -0.145. The van der Waals surface area contributed by atoms with Crippen LogP contribution in [-0.4, -0.2) is 25.7 Å². The predicted molar refractivity (Wildman–Crippen MR) is 66.0 cm³/mol. The zero-order valence-corrected chi connectivity index (χ0v) is 10.5. The molecule has 0 aliphatic heterocycles. The van der Waals surface area contributed by atoms with E-state index in [1.54, 1.807) is 14.0 Å². The molecule has 4 heteroatoms. The van der Waals surface area contributed by atoms with Crippen LogP contribution in [0.2, 0.25) is 0 Å². The summed E-state index contributed by atoms with van der Waals surface area (Å²) < 4.78 is 9.98. The van der Waals surface area contributed by atoms with Crippen LogP contribution < -0.4 is 10.5 Å². The molecule has 0 spiro atoms. The SMILES string of the molecule is CCOC(=O)[C@H](N)[C@H](C)c1ccc(OC)cc1. The number of carbonyl (C=O) groups excluding carboxylic acids is 1. The molecule has 0 unspecified atom stereocenters. The Balaban J connectivity index is 2.73. The molecule has 0 saturated carbocycles. The third-order valence-corrected chi connectivity index (χ3v) is 2.74. The van der Waals surface area contributed by atoms with Crippen molar-refractivity contribution in [2.75, 3.05) is 13.7 Å². The molecule has 0 aromatic heterocycles. The number of hydrogen-bond donors (Lipinski definition) is 1. The number of rotatable bonds is 5. The minimum absolute atomic E-state index is 0.0834. The summed E-state index contributed by atoms with van der Waals surface area (Å²) in [4.78, 5) is 11.5. The number of carbonyl (C=O) groups is 1. The van der Waals surface area contributed by atoms with Gasteiger partial charge in [-0.05, 0) is 24.6 Å². The number of methoxy groups -OCH3 is 1. The van der Waals surface area contributed by atoms with Gasteiger partial charge in [-0.1, -0.05) is 19.1 Å². The van der Waals surface area contributed by atoms with Crippen molar-refractivity contribution < 1.29 is 14.3 Å². The maximum Gasteiger partial charge on any atom is 0.323 e. The van der Waals surface area contributed by atoms with Crippen LogP contribution in [0.3, 0.4) is 0 Å². The molecule has 4 nitrogen and oxygen atoms in total. The molecule has 0 heterocycles. The third-order valence-electron chi connectivity index (χ3n) is 2.74. The summed E-state index contributed by atoms with van der Waals surface area (Å²) in [5, 5.41) is 0. The first-order chi connectivity index (χ1) is 8.10. The molecule has 2 atom stereocenters. The molecule has 94 valence electrons. The van der Waals surface area contributed by atoms with Crippen molar-refractivity contribution in [3.63, 3.8) is 0 Å². The third kappa shape index (κ3) is 3.46. The van der Waals surface area contributed by atoms with Gasteiger partial charge in [-0.25, -0.2) is 0 Å². The van der Waals surface area contributed by atoms with Gasteiger partial charge in [-0.3, -0.25) is 4.79 Å². The zero-order valence-electron chi connectivity index (χ0n) is 10.5. The van der Waals surface area contributed by atoms with Crippen LogP contribution in [0.15, 0.2) is 24.3 Å². The molecule has 0 bridgehead atoms. The first-order valence-electron chi connectivity index (χ1n) is 5.66. The Morgan fingerprint density at radius 2 is 1.94 bits per heavy atom. The number of hydrogen-bond acceptors (Lipinski definition) is 4. The smallest absolute Gasteiger partial charge is 0.323 e. The summed E-state index contributed by atoms with van der Waals surface area (Å²) in [6, 6.07) is 6.88. The largest absolute Gasteiger partial charge is 0.497 e. The van der Waals surface area contributed by atoms with Gasteiger partial charge in [-0.15, -0.1) is 0 Å². The molecule has 0 fully saturated rings. The number of benzene rings is 1. The summed E-state index contributed by atoms with van der Waals surface area (Å²) in [5.41, 5.74) is 6.84. The van der Waals surface area contributed by atoms with Gasteiger partial charge in [0.1, 0.15) is 11.8 Å². The van der Waals surface area contributed by atoms with Crippen LogP contribution in [0.5, 0.6) is 5.75 Å². The highest BCUT2D eigenvalue weighted by molar-refractivity contribution is 5.76. The molecule has 1 aromatic rings. The fourth-order valence-corrected chi connectivity index (χ4v) is 1.56. The van der Waals surface area contributed by atoms with E-state index < -0.39 is 6.04 Å². The lowest BCUT2D eigenvalue weighted by Gasteiger charge is -2.18.